The molecule has 0 bridgehead atoms. The Labute approximate surface area is 222 Å². The highest BCUT2D eigenvalue weighted by atomic mass is 32.2. The molecule has 2 aliphatic rings. The van der Waals surface area contributed by atoms with Crippen molar-refractivity contribution < 1.29 is 40.6 Å². The van der Waals surface area contributed by atoms with Crippen molar-refractivity contribution in [2.24, 2.45) is 0 Å². The maximum absolute atomic E-state index is 13.4. The molecule has 3 aromatic rings. The number of aromatic nitrogens is 1. The van der Waals surface area contributed by atoms with Gasteiger partial charge in [0.15, 0.2) is 0 Å². The quantitative estimate of drug-likeness (QED) is 0.395. The Hall–Kier alpha value is -4.06. The largest absolute Gasteiger partial charge is 0.487 e. The second-order valence-electron chi connectivity index (χ2n) is 9.13. The van der Waals surface area contributed by atoms with Gasteiger partial charge in [0.25, 0.3) is 10.0 Å². The van der Waals surface area contributed by atoms with Gasteiger partial charge in [-0.05, 0) is 73.9 Å². The van der Waals surface area contributed by atoms with Crippen LogP contribution in [-0.2, 0) is 27.6 Å². The molecule has 1 aliphatic carbocycles. The van der Waals surface area contributed by atoms with Crippen LogP contribution in [0.2, 0.25) is 0 Å². The smallest absolute Gasteiger partial charge is 0.416 e. The Bertz CT molecular complexity index is 1570. The summed E-state index contributed by atoms with van der Waals surface area (Å²) >= 11 is 0. The number of alkyl halides is 3. The Morgan fingerprint density at radius 3 is 2.49 bits per heavy atom. The van der Waals surface area contributed by atoms with E-state index in [1.807, 2.05) is 6.08 Å². The highest BCUT2D eigenvalue weighted by molar-refractivity contribution is 7.89. The topological polar surface area (TPSA) is 110 Å². The van der Waals surface area contributed by atoms with Crippen LogP contribution in [0.1, 0.15) is 36.3 Å². The van der Waals surface area contributed by atoms with Crippen LogP contribution in [0.15, 0.2) is 81.3 Å². The fraction of sp³-hybridized carbons (Fsp3) is 0.259. The molecule has 0 radical (unpaired) electrons. The van der Waals surface area contributed by atoms with Gasteiger partial charge in [-0.2, -0.15) is 13.2 Å². The molecule has 0 amide bonds. The van der Waals surface area contributed by atoms with E-state index in [0.717, 1.165) is 22.0 Å². The number of ether oxygens (including phenoxy) is 1. The molecule has 1 aromatic heterocycles. The molecule has 204 valence electrons. The highest BCUT2D eigenvalue weighted by Gasteiger charge is 2.43. The van der Waals surface area contributed by atoms with Gasteiger partial charge in [-0.3, -0.25) is 4.31 Å². The minimum absolute atomic E-state index is 0.0299. The van der Waals surface area contributed by atoms with Crippen molar-refractivity contribution >= 4 is 16.0 Å². The number of hydrogen-bond acceptors (Lipinski definition) is 6. The van der Waals surface area contributed by atoms with Gasteiger partial charge in [-0.25, -0.2) is 18.2 Å². The van der Waals surface area contributed by atoms with Gasteiger partial charge in [-0.15, -0.1) is 0 Å². The first-order chi connectivity index (χ1) is 18.4. The van der Waals surface area contributed by atoms with Gasteiger partial charge in [0.1, 0.15) is 29.9 Å². The lowest BCUT2D eigenvalue weighted by Gasteiger charge is -2.27. The van der Waals surface area contributed by atoms with E-state index < -0.39 is 33.8 Å². The van der Waals surface area contributed by atoms with Crippen molar-refractivity contribution in [2.75, 3.05) is 0 Å². The first-order valence-corrected chi connectivity index (χ1v) is 13.4. The first kappa shape index (κ1) is 26.5. The van der Waals surface area contributed by atoms with Gasteiger partial charge in [-0.1, -0.05) is 12.2 Å². The standard InChI is InChI=1S/C27H23F3N2O6S/c1-16-22(31-25(38-16)17-6-8-19(9-7-17)27(28,29)30)15-37-20-10-12-21(13-11-20)39(35,36)32-23-5-3-2-4-18(23)14-24(32)26(33)34/h2,4,6-13,24H,3,5,14-15H2,1H3,(H,33,34). The monoisotopic (exact) mass is 560 g/mol. The molecule has 0 spiro atoms. The number of carboxylic acid groups (broad SMARTS) is 1. The molecule has 1 atom stereocenters. The number of halogens is 3. The van der Waals surface area contributed by atoms with E-state index in [1.54, 1.807) is 13.0 Å². The van der Waals surface area contributed by atoms with Crippen molar-refractivity contribution in [1.82, 2.24) is 9.29 Å². The second kappa shape index (κ2) is 9.92. The Balaban J connectivity index is 1.30. The number of rotatable bonds is 7. The third kappa shape index (κ3) is 5.16. The van der Waals surface area contributed by atoms with Crippen molar-refractivity contribution in [3.8, 4) is 17.2 Å². The van der Waals surface area contributed by atoms with E-state index >= 15 is 0 Å². The zero-order valence-electron chi connectivity index (χ0n) is 20.6. The molecule has 0 fully saturated rings. The molecule has 1 N–H and O–H groups in total. The minimum atomic E-state index is -4.45. The number of benzene rings is 2. The molecule has 2 heterocycles. The van der Waals surface area contributed by atoms with Gasteiger partial charge in [0, 0.05) is 17.7 Å². The maximum atomic E-state index is 13.4. The summed E-state index contributed by atoms with van der Waals surface area (Å²) in [5.74, 6) is -0.307. The summed E-state index contributed by atoms with van der Waals surface area (Å²) < 4.78 is 77.7. The maximum Gasteiger partial charge on any atom is 0.416 e. The molecule has 0 saturated carbocycles. The summed E-state index contributed by atoms with van der Waals surface area (Å²) in [6, 6.07) is 8.86. The number of nitrogens with zero attached hydrogens (tertiary/aromatic N) is 2. The molecule has 2 aromatic carbocycles. The van der Waals surface area contributed by atoms with Crippen molar-refractivity contribution in [2.45, 2.75) is 49.9 Å². The Morgan fingerprint density at radius 1 is 1.15 bits per heavy atom. The Morgan fingerprint density at radius 2 is 1.85 bits per heavy atom. The summed E-state index contributed by atoms with van der Waals surface area (Å²) in [5.41, 5.74) is 1.25. The first-order valence-electron chi connectivity index (χ1n) is 12.0. The summed E-state index contributed by atoms with van der Waals surface area (Å²) in [4.78, 5) is 16.1. The van der Waals surface area contributed by atoms with Crippen LogP contribution in [0.3, 0.4) is 0 Å². The lowest BCUT2D eigenvalue weighted by Crippen LogP contribution is -2.40. The average Bonchev–Trinajstić information content (AvgIpc) is 3.48. The van der Waals surface area contributed by atoms with E-state index in [9.17, 15) is 31.5 Å². The number of carboxylic acids is 1. The number of aliphatic carboxylic acids is 1. The minimum Gasteiger partial charge on any atom is -0.487 e. The van der Waals surface area contributed by atoms with Crippen LogP contribution in [0.4, 0.5) is 13.2 Å². The molecular formula is C27H23F3N2O6S. The van der Waals surface area contributed by atoms with Gasteiger partial charge in [0.05, 0.1) is 10.5 Å². The fourth-order valence-electron chi connectivity index (χ4n) is 4.58. The molecule has 8 nitrogen and oxygen atoms in total. The number of hydrogen-bond donors (Lipinski definition) is 1. The third-order valence-corrected chi connectivity index (χ3v) is 8.45. The molecule has 5 rings (SSSR count). The average molecular weight is 561 g/mol. The molecule has 1 aliphatic heterocycles. The van der Waals surface area contributed by atoms with E-state index in [4.69, 9.17) is 9.15 Å². The lowest BCUT2D eigenvalue weighted by atomic mass is 10.0. The van der Waals surface area contributed by atoms with Crippen molar-refractivity contribution in [1.29, 1.82) is 0 Å². The molecular weight excluding hydrogens is 537 g/mol. The number of allylic oxidation sites excluding steroid dienone is 3. The van der Waals surface area contributed by atoms with Crippen LogP contribution in [0.25, 0.3) is 11.5 Å². The van der Waals surface area contributed by atoms with Crippen molar-refractivity contribution in [3.63, 3.8) is 0 Å². The second-order valence-corrected chi connectivity index (χ2v) is 10.9. The van der Waals surface area contributed by atoms with E-state index in [0.29, 0.717) is 41.3 Å². The molecule has 39 heavy (non-hydrogen) atoms. The van der Waals surface area contributed by atoms with Crippen LogP contribution in [-0.4, -0.2) is 34.8 Å². The van der Waals surface area contributed by atoms with Crippen LogP contribution in [0, 0.1) is 6.92 Å². The fourth-order valence-corrected chi connectivity index (χ4v) is 6.29. The number of sulfonamides is 1. The Kier molecular flexibility index (Phi) is 6.75. The summed E-state index contributed by atoms with van der Waals surface area (Å²) in [7, 11) is -4.13. The van der Waals surface area contributed by atoms with Crippen LogP contribution < -0.4 is 4.74 Å². The van der Waals surface area contributed by atoms with E-state index in [1.165, 1.54) is 36.4 Å². The highest BCUT2D eigenvalue weighted by Crippen LogP contribution is 2.39. The van der Waals surface area contributed by atoms with E-state index in [-0.39, 0.29) is 23.8 Å². The predicted octanol–water partition coefficient (Wildman–Crippen LogP) is 5.70. The number of oxazole rings is 1. The molecule has 12 heteroatoms. The molecule has 1 unspecified atom stereocenters. The van der Waals surface area contributed by atoms with Crippen LogP contribution in [0.5, 0.6) is 5.75 Å². The number of aryl methyl sites for hydroxylation is 1. The zero-order valence-corrected chi connectivity index (χ0v) is 21.4. The summed E-state index contributed by atoms with van der Waals surface area (Å²) in [6.07, 6.45) is 0.443. The SMILES string of the molecule is Cc1oc(-c2ccc(C(F)(F)F)cc2)nc1COc1ccc(S(=O)(=O)N2C3=C(C=CCC3)CC2C(=O)O)cc1. The predicted molar refractivity (Wildman–Crippen MR) is 133 cm³/mol. The summed E-state index contributed by atoms with van der Waals surface area (Å²) in [5, 5.41) is 9.67. The van der Waals surface area contributed by atoms with Crippen molar-refractivity contribution in [3.05, 3.63) is 89.0 Å². The van der Waals surface area contributed by atoms with E-state index in [2.05, 4.69) is 4.98 Å². The van der Waals surface area contributed by atoms with Crippen LogP contribution >= 0.6 is 0 Å². The number of carbonyl (C=O) groups is 1. The summed E-state index contributed by atoms with van der Waals surface area (Å²) in [6.45, 7) is 1.62. The van der Waals surface area contributed by atoms with Gasteiger partial charge >= 0.3 is 12.1 Å². The zero-order chi connectivity index (χ0) is 27.9. The normalized spacial score (nSPS) is 17.4. The lowest BCUT2D eigenvalue weighted by molar-refractivity contribution is -0.140. The van der Waals surface area contributed by atoms with Gasteiger partial charge in [0.2, 0.25) is 5.89 Å². The molecule has 0 saturated heterocycles. The van der Waals surface area contributed by atoms with Gasteiger partial charge < -0.3 is 14.3 Å². The third-order valence-electron chi connectivity index (χ3n) is 6.59.